The van der Waals surface area contributed by atoms with Gasteiger partial charge in [0, 0.05) is 17.1 Å². The average molecular weight is 378 g/mol. The van der Waals surface area contributed by atoms with Crippen LogP contribution in [0.5, 0.6) is 0 Å². The standard InChI is InChI=1S/C15H12BrN3O2S/c1-9-3-8-12(21-9)14(20)19(2)15-18-17-13(22-15)10-4-6-11(16)7-5-10/h3-8H,1-2H3. The molecule has 0 N–H and O–H groups in total. The molecule has 0 unspecified atom stereocenters. The summed E-state index contributed by atoms with van der Waals surface area (Å²) in [7, 11) is 1.66. The maximum Gasteiger partial charge on any atom is 0.295 e. The average Bonchev–Trinajstić information content (AvgIpc) is 3.15. The first-order chi connectivity index (χ1) is 10.5. The van der Waals surface area contributed by atoms with Crippen LogP contribution < -0.4 is 4.90 Å². The van der Waals surface area contributed by atoms with E-state index in [0.717, 1.165) is 15.0 Å². The van der Waals surface area contributed by atoms with Crippen LogP contribution in [0.1, 0.15) is 16.3 Å². The van der Waals surface area contributed by atoms with Crippen LogP contribution >= 0.6 is 27.3 Å². The normalized spacial score (nSPS) is 10.7. The maximum absolute atomic E-state index is 12.3. The van der Waals surface area contributed by atoms with E-state index in [4.69, 9.17) is 4.42 Å². The lowest BCUT2D eigenvalue weighted by atomic mass is 10.2. The Kier molecular flexibility index (Phi) is 4.08. The van der Waals surface area contributed by atoms with Crippen LogP contribution in [0.15, 0.2) is 45.3 Å². The quantitative estimate of drug-likeness (QED) is 0.687. The Hall–Kier alpha value is -1.99. The number of hydrogen-bond donors (Lipinski definition) is 0. The van der Waals surface area contributed by atoms with Crippen molar-refractivity contribution in [1.29, 1.82) is 0 Å². The van der Waals surface area contributed by atoms with E-state index in [1.807, 2.05) is 24.3 Å². The van der Waals surface area contributed by atoms with Crippen molar-refractivity contribution in [3.05, 3.63) is 52.4 Å². The summed E-state index contributed by atoms with van der Waals surface area (Å²) in [5.41, 5.74) is 0.960. The second kappa shape index (κ2) is 6.02. The minimum Gasteiger partial charge on any atom is -0.456 e. The fourth-order valence-corrected chi connectivity index (χ4v) is 2.94. The molecule has 0 saturated heterocycles. The Morgan fingerprint density at radius 2 is 1.91 bits per heavy atom. The number of nitrogens with zero attached hydrogens (tertiary/aromatic N) is 3. The Balaban J connectivity index is 1.83. The molecule has 3 rings (SSSR count). The number of benzene rings is 1. The molecule has 0 aliphatic rings. The molecule has 2 aromatic heterocycles. The highest BCUT2D eigenvalue weighted by Crippen LogP contribution is 2.29. The molecule has 0 aliphatic heterocycles. The fourth-order valence-electron chi connectivity index (χ4n) is 1.86. The van der Waals surface area contributed by atoms with Crippen LogP contribution in [0.25, 0.3) is 10.6 Å². The number of halogens is 1. The van der Waals surface area contributed by atoms with Gasteiger partial charge in [-0.1, -0.05) is 39.4 Å². The Bertz CT molecular complexity index is 810. The largest absolute Gasteiger partial charge is 0.456 e. The van der Waals surface area contributed by atoms with Gasteiger partial charge in [-0.25, -0.2) is 0 Å². The van der Waals surface area contributed by atoms with Gasteiger partial charge in [0.25, 0.3) is 5.91 Å². The Morgan fingerprint density at radius 1 is 1.18 bits per heavy atom. The summed E-state index contributed by atoms with van der Waals surface area (Å²) in [5.74, 6) is 0.747. The van der Waals surface area contributed by atoms with Crippen LogP contribution in [-0.2, 0) is 0 Å². The number of aromatic nitrogens is 2. The summed E-state index contributed by atoms with van der Waals surface area (Å²) in [4.78, 5) is 13.8. The van der Waals surface area contributed by atoms with Crippen molar-refractivity contribution in [3.8, 4) is 10.6 Å². The molecule has 7 heteroatoms. The van der Waals surface area contributed by atoms with E-state index < -0.39 is 0 Å². The van der Waals surface area contributed by atoms with Crippen molar-refractivity contribution in [3.63, 3.8) is 0 Å². The van der Waals surface area contributed by atoms with Crippen LogP contribution in [0, 0.1) is 6.92 Å². The van der Waals surface area contributed by atoms with Crippen LogP contribution in [0.4, 0.5) is 5.13 Å². The smallest absolute Gasteiger partial charge is 0.295 e. The van der Waals surface area contributed by atoms with Crippen molar-refractivity contribution in [2.75, 3.05) is 11.9 Å². The lowest BCUT2D eigenvalue weighted by molar-refractivity contribution is 0.0965. The van der Waals surface area contributed by atoms with E-state index in [2.05, 4.69) is 26.1 Å². The molecule has 0 aliphatic carbocycles. The zero-order valence-electron chi connectivity index (χ0n) is 11.9. The first-order valence-corrected chi connectivity index (χ1v) is 8.09. The van der Waals surface area contributed by atoms with Crippen LogP contribution in [0.3, 0.4) is 0 Å². The molecule has 0 bridgehead atoms. The maximum atomic E-state index is 12.3. The van der Waals surface area contributed by atoms with E-state index >= 15 is 0 Å². The zero-order chi connectivity index (χ0) is 15.7. The number of carbonyl (C=O) groups is 1. The molecule has 3 aromatic rings. The molecule has 0 spiro atoms. The molecule has 0 atom stereocenters. The predicted octanol–water partition coefficient (Wildman–Crippen LogP) is 4.15. The lowest BCUT2D eigenvalue weighted by Crippen LogP contribution is -2.25. The molecule has 5 nitrogen and oxygen atoms in total. The second-order valence-electron chi connectivity index (χ2n) is 4.67. The van der Waals surface area contributed by atoms with Gasteiger partial charge in [0.2, 0.25) is 5.13 Å². The SMILES string of the molecule is Cc1ccc(C(=O)N(C)c2nnc(-c3ccc(Br)cc3)s2)o1. The van der Waals surface area contributed by atoms with Crippen molar-refractivity contribution < 1.29 is 9.21 Å². The molecular weight excluding hydrogens is 366 g/mol. The molecule has 112 valence electrons. The number of rotatable bonds is 3. The number of anilines is 1. The molecule has 1 amide bonds. The van der Waals surface area contributed by atoms with Crippen molar-refractivity contribution in [2.24, 2.45) is 0 Å². The first-order valence-electron chi connectivity index (χ1n) is 6.48. The molecule has 0 radical (unpaired) electrons. The highest BCUT2D eigenvalue weighted by Gasteiger charge is 2.20. The third-order valence-corrected chi connectivity index (χ3v) is 4.63. The summed E-state index contributed by atoms with van der Waals surface area (Å²) in [6.45, 7) is 1.80. The van der Waals surface area contributed by atoms with Crippen molar-refractivity contribution in [1.82, 2.24) is 10.2 Å². The molecule has 2 heterocycles. The lowest BCUT2D eigenvalue weighted by Gasteiger charge is -2.10. The monoisotopic (exact) mass is 377 g/mol. The van der Waals surface area contributed by atoms with Crippen LogP contribution in [-0.4, -0.2) is 23.2 Å². The van der Waals surface area contributed by atoms with Crippen molar-refractivity contribution >= 4 is 38.3 Å². The van der Waals surface area contributed by atoms with E-state index in [-0.39, 0.29) is 5.91 Å². The number of furan rings is 1. The molecule has 22 heavy (non-hydrogen) atoms. The highest BCUT2D eigenvalue weighted by molar-refractivity contribution is 9.10. The van der Waals surface area contributed by atoms with Gasteiger partial charge in [-0.05, 0) is 31.2 Å². The van der Waals surface area contributed by atoms with E-state index in [1.54, 1.807) is 26.1 Å². The third kappa shape index (κ3) is 2.95. The molecule has 0 fully saturated rings. The molecular formula is C15H12BrN3O2S. The number of carbonyl (C=O) groups excluding carboxylic acids is 1. The molecule has 1 aromatic carbocycles. The van der Waals surface area contributed by atoms with Crippen LogP contribution in [0.2, 0.25) is 0 Å². The number of hydrogen-bond acceptors (Lipinski definition) is 5. The number of aryl methyl sites for hydroxylation is 1. The minimum absolute atomic E-state index is 0.244. The first kappa shape index (κ1) is 14.9. The predicted molar refractivity (Wildman–Crippen MR) is 89.2 cm³/mol. The summed E-state index contributed by atoms with van der Waals surface area (Å²) >= 11 is 4.75. The molecule has 0 saturated carbocycles. The van der Waals surface area contributed by atoms with Gasteiger partial charge in [0.05, 0.1) is 0 Å². The summed E-state index contributed by atoms with van der Waals surface area (Å²) in [6, 6.07) is 11.2. The Morgan fingerprint density at radius 3 is 2.55 bits per heavy atom. The van der Waals surface area contributed by atoms with Gasteiger partial charge in [-0.15, -0.1) is 10.2 Å². The van der Waals surface area contributed by atoms with Gasteiger partial charge in [-0.3, -0.25) is 9.69 Å². The summed E-state index contributed by atoms with van der Waals surface area (Å²) < 4.78 is 6.35. The fraction of sp³-hybridized carbons (Fsp3) is 0.133. The van der Waals surface area contributed by atoms with Gasteiger partial charge >= 0.3 is 0 Å². The van der Waals surface area contributed by atoms with Crippen molar-refractivity contribution in [2.45, 2.75) is 6.92 Å². The zero-order valence-corrected chi connectivity index (χ0v) is 14.3. The van der Waals surface area contributed by atoms with Gasteiger partial charge in [0.1, 0.15) is 10.8 Å². The van der Waals surface area contributed by atoms with Gasteiger partial charge in [-0.2, -0.15) is 0 Å². The second-order valence-corrected chi connectivity index (χ2v) is 6.54. The highest BCUT2D eigenvalue weighted by atomic mass is 79.9. The third-order valence-electron chi connectivity index (χ3n) is 3.05. The summed E-state index contributed by atoms with van der Waals surface area (Å²) in [6.07, 6.45) is 0. The Labute approximate surface area is 139 Å². The topological polar surface area (TPSA) is 59.2 Å². The van der Waals surface area contributed by atoms with E-state index in [1.165, 1.54) is 16.2 Å². The minimum atomic E-state index is -0.244. The summed E-state index contributed by atoms with van der Waals surface area (Å²) in [5, 5.41) is 9.52. The van der Waals surface area contributed by atoms with Gasteiger partial charge in [0.15, 0.2) is 5.76 Å². The number of amides is 1. The van der Waals surface area contributed by atoms with Gasteiger partial charge < -0.3 is 4.42 Å². The van der Waals surface area contributed by atoms with E-state index in [9.17, 15) is 4.79 Å². The van der Waals surface area contributed by atoms with E-state index in [0.29, 0.717) is 16.7 Å².